The Hall–Kier alpha value is -0.930. The Kier molecular flexibility index (Phi) is 3.83. The normalized spacial score (nSPS) is 16.9. The molecular formula is C15H11Cl3O2. The van der Waals surface area contributed by atoms with E-state index in [2.05, 4.69) is 0 Å². The van der Waals surface area contributed by atoms with Crippen LogP contribution in [0.1, 0.15) is 5.56 Å². The summed E-state index contributed by atoms with van der Waals surface area (Å²) in [6.07, 6.45) is 0.471. The van der Waals surface area contributed by atoms with Crippen LogP contribution < -0.4 is 4.74 Å². The van der Waals surface area contributed by atoms with Crippen molar-refractivity contribution < 1.29 is 9.84 Å². The van der Waals surface area contributed by atoms with E-state index in [1.807, 2.05) is 18.2 Å². The summed E-state index contributed by atoms with van der Waals surface area (Å²) >= 11 is 18.5. The Bertz CT molecular complexity index is 647. The highest BCUT2D eigenvalue weighted by Gasteiger charge is 2.26. The van der Waals surface area contributed by atoms with E-state index < -0.39 is 0 Å². The molecular weight excluding hydrogens is 319 g/mol. The van der Waals surface area contributed by atoms with E-state index >= 15 is 0 Å². The van der Waals surface area contributed by atoms with Crippen LogP contribution in [0.2, 0.25) is 15.1 Å². The predicted molar refractivity (Wildman–Crippen MR) is 82.1 cm³/mol. The Labute approximate surface area is 131 Å². The molecule has 3 rings (SSSR count). The molecule has 0 fully saturated rings. The second-order valence-corrected chi connectivity index (χ2v) is 5.92. The number of hydrogen-bond donors (Lipinski definition) is 1. The van der Waals surface area contributed by atoms with Crippen molar-refractivity contribution >= 4 is 34.8 Å². The first-order valence-electron chi connectivity index (χ1n) is 6.14. The monoisotopic (exact) mass is 328 g/mol. The van der Waals surface area contributed by atoms with Crippen molar-refractivity contribution in [2.45, 2.75) is 12.5 Å². The summed E-state index contributed by atoms with van der Waals surface area (Å²) < 4.78 is 5.78. The summed E-state index contributed by atoms with van der Waals surface area (Å²) in [4.78, 5) is 0. The number of hydrogen-bond acceptors (Lipinski definition) is 2. The molecule has 0 unspecified atom stereocenters. The van der Waals surface area contributed by atoms with Gasteiger partial charge in [0.2, 0.25) is 0 Å². The summed E-state index contributed by atoms with van der Waals surface area (Å²) in [7, 11) is 0. The summed E-state index contributed by atoms with van der Waals surface area (Å²) in [5, 5.41) is 10.7. The number of halogens is 3. The first kappa shape index (κ1) is 14.0. The van der Waals surface area contributed by atoms with Gasteiger partial charge in [0.1, 0.15) is 11.9 Å². The van der Waals surface area contributed by atoms with Crippen molar-refractivity contribution in [1.29, 1.82) is 0 Å². The first-order valence-corrected chi connectivity index (χ1v) is 7.28. The fourth-order valence-electron chi connectivity index (χ4n) is 2.44. The van der Waals surface area contributed by atoms with Crippen LogP contribution in [0.15, 0.2) is 30.3 Å². The molecule has 2 nitrogen and oxygen atoms in total. The van der Waals surface area contributed by atoms with Crippen LogP contribution in [0.4, 0.5) is 0 Å². The van der Waals surface area contributed by atoms with Crippen molar-refractivity contribution in [3.05, 3.63) is 51.0 Å². The molecule has 0 amide bonds. The lowest BCUT2D eigenvalue weighted by Crippen LogP contribution is -2.17. The molecule has 0 spiro atoms. The average Bonchev–Trinajstić information content (AvgIpc) is 2.81. The fraction of sp³-hybridized carbons (Fsp3) is 0.200. The van der Waals surface area contributed by atoms with Crippen LogP contribution in [-0.4, -0.2) is 17.8 Å². The number of aliphatic hydroxyl groups is 1. The third-order valence-corrected chi connectivity index (χ3v) is 4.12. The average molecular weight is 330 g/mol. The standard InChI is InChI=1S/C15H11Cl3O2/c16-9-5-12(17)14(13(18)6-9)11-3-1-2-8-4-10(7-19)20-15(8)11/h1-3,5-6,10,19H,4,7H2/t10-/m0/s1. The van der Waals surface area contributed by atoms with Gasteiger partial charge >= 0.3 is 0 Å². The van der Waals surface area contributed by atoms with Crippen molar-refractivity contribution in [3.8, 4) is 16.9 Å². The highest BCUT2D eigenvalue weighted by molar-refractivity contribution is 6.42. The number of benzene rings is 2. The Balaban J connectivity index is 2.16. The van der Waals surface area contributed by atoms with Crippen LogP contribution in [0.3, 0.4) is 0 Å². The molecule has 104 valence electrons. The lowest BCUT2D eigenvalue weighted by atomic mass is 10.0. The summed E-state index contributed by atoms with van der Waals surface area (Å²) in [6.45, 7) is -0.0177. The van der Waals surface area contributed by atoms with Gasteiger partial charge in [-0.15, -0.1) is 0 Å². The lowest BCUT2D eigenvalue weighted by molar-refractivity contribution is 0.135. The van der Waals surface area contributed by atoms with Crippen LogP contribution >= 0.6 is 34.8 Å². The Morgan fingerprint density at radius 2 is 1.85 bits per heavy atom. The smallest absolute Gasteiger partial charge is 0.131 e. The molecule has 0 saturated heterocycles. The minimum atomic E-state index is -0.212. The van der Waals surface area contributed by atoms with E-state index in [0.29, 0.717) is 27.1 Å². The zero-order chi connectivity index (χ0) is 14.3. The van der Waals surface area contributed by atoms with E-state index in [1.165, 1.54) is 0 Å². The molecule has 1 heterocycles. The fourth-order valence-corrected chi connectivity index (χ4v) is 3.46. The van der Waals surface area contributed by atoms with Crippen LogP contribution in [-0.2, 0) is 6.42 Å². The third kappa shape index (κ3) is 2.38. The molecule has 2 aromatic carbocycles. The van der Waals surface area contributed by atoms with E-state index in [1.54, 1.807) is 12.1 Å². The van der Waals surface area contributed by atoms with Gasteiger partial charge < -0.3 is 9.84 Å². The molecule has 1 aliphatic heterocycles. The van der Waals surface area contributed by atoms with Gasteiger partial charge in [-0.3, -0.25) is 0 Å². The van der Waals surface area contributed by atoms with Gasteiger partial charge in [-0.05, 0) is 17.7 Å². The lowest BCUT2D eigenvalue weighted by Gasteiger charge is -2.13. The van der Waals surface area contributed by atoms with E-state index in [-0.39, 0.29) is 12.7 Å². The SMILES string of the molecule is OC[C@@H]1Cc2cccc(-c3c(Cl)cc(Cl)cc3Cl)c2O1. The zero-order valence-electron chi connectivity index (χ0n) is 10.4. The summed E-state index contributed by atoms with van der Waals surface area (Å²) in [6, 6.07) is 9.12. The highest BCUT2D eigenvalue weighted by Crippen LogP contribution is 2.45. The molecule has 1 atom stereocenters. The number of ether oxygens (including phenoxy) is 1. The maximum absolute atomic E-state index is 9.25. The Morgan fingerprint density at radius 1 is 1.15 bits per heavy atom. The van der Waals surface area contributed by atoms with E-state index in [0.717, 1.165) is 16.9 Å². The van der Waals surface area contributed by atoms with E-state index in [4.69, 9.17) is 39.5 Å². The minimum Gasteiger partial charge on any atom is -0.487 e. The molecule has 0 saturated carbocycles. The first-order chi connectivity index (χ1) is 9.60. The van der Waals surface area contributed by atoms with Crippen molar-refractivity contribution in [1.82, 2.24) is 0 Å². The van der Waals surface area contributed by atoms with E-state index in [9.17, 15) is 5.11 Å². The number of fused-ring (bicyclic) bond motifs is 1. The zero-order valence-corrected chi connectivity index (χ0v) is 12.6. The van der Waals surface area contributed by atoms with Gasteiger partial charge in [-0.2, -0.15) is 0 Å². The van der Waals surface area contributed by atoms with Gasteiger partial charge in [0.15, 0.2) is 0 Å². The quantitative estimate of drug-likeness (QED) is 0.872. The molecule has 0 aliphatic carbocycles. The second kappa shape index (κ2) is 5.45. The largest absolute Gasteiger partial charge is 0.487 e. The summed E-state index contributed by atoms with van der Waals surface area (Å²) in [5.74, 6) is 0.734. The van der Waals surface area contributed by atoms with Crippen molar-refractivity contribution in [3.63, 3.8) is 0 Å². The molecule has 0 radical (unpaired) electrons. The van der Waals surface area contributed by atoms with Crippen molar-refractivity contribution in [2.24, 2.45) is 0 Å². The maximum Gasteiger partial charge on any atom is 0.131 e. The number of rotatable bonds is 2. The molecule has 0 aromatic heterocycles. The topological polar surface area (TPSA) is 29.5 Å². The molecule has 1 N–H and O–H groups in total. The Morgan fingerprint density at radius 3 is 2.50 bits per heavy atom. The van der Waals surface area contributed by atoms with Gasteiger partial charge in [0.05, 0.1) is 16.7 Å². The maximum atomic E-state index is 9.25. The third-order valence-electron chi connectivity index (χ3n) is 3.31. The van der Waals surface area contributed by atoms with Crippen molar-refractivity contribution in [2.75, 3.05) is 6.61 Å². The molecule has 1 aliphatic rings. The molecule has 20 heavy (non-hydrogen) atoms. The van der Waals surface area contributed by atoms with Crippen LogP contribution in [0.5, 0.6) is 5.75 Å². The molecule has 0 bridgehead atoms. The number of para-hydroxylation sites is 1. The van der Waals surface area contributed by atoms with Gasteiger partial charge in [0, 0.05) is 22.6 Å². The predicted octanol–water partition coefficient (Wildman–Crippen LogP) is 4.61. The molecule has 5 heteroatoms. The minimum absolute atomic E-state index is 0.0177. The van der Waals surface area contributed by atoms with Gasteiger partial charge in [0.25, 0.3) is 0 Å². The van der Waals surface area contributed by atoms with Gasteiger partial charge in [-0.25, -0.2) is 0 Å². The molecule has 2 aromatic rings. The summed E-state index contributed by atoms with van der Waals surface area (Å²) in [5.41, 5.74) is 2.57. The van der Waals surface area contributed by atoms with Crippen LogP contribution in [0, 0.1) is 0 Å². The number of aliphatic hydroxyl groups excluding tert-OH is 1. The van der Waals surface area contributed by atoms with Crippen LogP contribution in [0.25, 0.3) is 11.1 Å². The second-order valence-electron chi connectivity index (χ2n) is 4.66. The highest BCUT2D eigenvalue weighted by atomic mass is 35.5. The van der Waals surface area contributed by atoms with Gasteiger partial charge in [-0.1, -0.05) is 53.0 Å².